The highest BCUT2D eigenvalue weighted by atomic mass is 16.5. The van der Waals surface area contributed by atoms with Gasteiger partial charge in [-0.05, 0) is 80.0 Å². The van der Waals surface area contributed by atoms with E-state index < -0.39 is 0 Å². The van der Waals surface area contributed by atoms with Crippen LogP contribution < -0.4 is 4.74 Å². The van der Waals surface area contributed by atoms with Gasteiger partial charge in [-0.3, -0.25) is 9.69 Å². The highest BCUT2D eigenvalue weighted by Gasteiger charge is 2.37. The monoisotopic (exact) mass is 476 g/mol. The molecule has 0 aliphatic carbocycles. The second kappa shape index (κ2) is 11.6. The fraction of sp³-hybridized carbons (Fsp3) is 0.581. The summed E-state index contributed by atoms with van der Waals surface area (Å²) in [5.41, 5.74) is 4.70. The summed E-state index contributed by atoms with van der Waals surface area (Å²) < 4.78 is 6.27. The van der Waals surface area contributed by atoms with Crippen molar-refractivity contribution in [2.45, 2.75) is 66.2 Å². The van der Waals surface area contributed by atoms with Crippen molar-refractivity contribution in [1.82, 2.24) is 9.80 Å². The molecule has 1 spiro atoms. The van der Waals surface area contributed by atoms with E-state index in [9.17, 15) is 4.79 Å². The summed E-state index contributed by atoms with van der Waals surface area (Å²) in [6.45, 7) is 14.4. The van der Waals surface area contributed by atoms with Crippen molar-refractivity contribution in [3.8, 4) is 5.75 Å². The predicted octanol–water partition coefficient (Wildman–Crippen LogP) is 6.29. The van der Waals surface area contributed by atoms with E-state index in [-0.39, 0.29) is 11.3 Å². The van der Waals surface area contributed by atoms with Crippen LogP contribution in [-0.2, 0) is 6.42 Å². The zero-order chi connectivity index (χ0) is 24.8. The van der Waals surface area contributed by atoms with Crippen LogP contribution >= 0.6 is 0 Å². The molecule has 1 amide bonds. The molecule has 190 valence electrons. The molecular formula is C31H44N2O2. The Bertz CT molecular complexity index is 971. The van der Waals surface area contributed by atoms with Gasteiger partial charge in [-0.2, -0.15) is 0 Å². The largest absolute Gasteiger partial charge is 0.492 e. The number of likely N-dealkylation sites (tertiary alicyclic amines) is 1. The lowest BCUT2D eigenvalue weighted by Gasteiger charge is -2.45. The van der Waals surface area contributed by atoms with Crippen molar-refractivity contribution in [2.75, 3.05) is 39.3 Å². The summed E-state index contributed by atoms with van der Waals surface area (Å²) in [4.78, 5) is 18.2. The molecule has 1 saturated heterocycles. The number of hydrogen-bond acceptors (Lipinski definition) is 3. The maximum Gasteiger partial charge on any atom is 0.254 e. The molecule has 1 fully saturated rings. The van der Waals surface area contributed by atoms with E-state index in [1.54, 1.807) is 0 Å². The molecule has 4 heteroatoms. The summed E-state index contributed by atoms with van der Waals surface area (Å²) >= 11 is 0. The third-order valence-electron chi connectivity index (χ3n) is 8.03. The number of amides is 1. The summed E-state index contributed by atoms with van der Waals surface area (Å²) in [5, 5.41) is 0. The SMILES string of the molecule is Cc1cccc(C)c1C(=O)N1CCC2(CCCCc3ccccc3OCCN(CC(C)C)C2)CC1. The van der Waals surface area contributed by atoms with Crippen LogP contribution in [0.25, 0.3) is 0 Å². The Morgan fingerprint density at radius 2 is 1.66 bits per heavy atom. The summed E-state index contributed by atoms with van der Waals surface area (Å²) in [7, 11) is 0. The molecule has 0 N–H and O–H groups in total. The Kier molecular flexibility index (Phi) is 8.54. The maximum atomic E-state index is 13.4. The number of fused-ring (bicyclic) bond motifs is 1. The lowest BCUT2D eigenvalue weighted by molar-refractivity contribution is 0.0354. The van der Waals surface area contributed by atoms with Crippen LogP contribution in [-0.4, -0.2) is 55.0 Å². The molecule has 2 heterocycles. The molecule has 4 nitrogen and oxygen atoms in total. The number of piperidine rings is 1. The van der Waals surface area contributed by atoms with Gasteiger partial charge in [0.05, 0.1) is 0 Å². The molecule has 0 bridgehead atoms. The Balaban J connectivity index is 1.48. The van der Waals surface area contributed by atoms with Gasteiger partial charge >= 0.3 is 0 Å². The first-order valence-corrected chi connectivity index (χ1v) is 13.7. The average Bonchev–Trinajstić information content (AvgIpc) is 2.82. The molecule has 2 aliphatic rings. The number of nitrogens with zero attached hydrogens (tertiary/aromatic N) is 2. The lowest BCUT2D eigenvalue weighted by atomic mass is 9.73. The van der Waals surface area contributed by atoms with Gasteiger partial charge in [0.25, 0.3) is 5.91 Å². The van der Waals surface area contributed by atoms with Gasteiger partial charge in [-0.25, -0.2) is 0 Å². The number of carbonyl (C=O) groups excluding carboxylic acids is 1. The second-order valence-corrected chi connectivity index (χ2v) is 11.4. The van der Waals surface area contributed by atoms with Gasteiger partial charge in [0.1, 0.15) is 12.4 Å². The van der Waals surface area contributed by atoms with Crippen LogP contribution in [0.4, 0.5) is 0 Å². The normalized spacial score (nSPS) is 19.5. The molecule has 2 aromatic rings. The topological polar surface area (TPSA) is 32.8 Å². The number of aryl methyl sites for hydroxylation is 3. The number of carbonyl (C=O) groups is 1. The molecule has 35 heavy (non-hydrogen) atoms. The van der Waals surface area contributed by atoms with E-state index in [0.29, 0.717) is 5.92 Å². The molecule has 0 saturated carbocycles. The number of benzene rings is 2. The molecule has 0 unspecified atom stereocenters. The van der Waals surface area contributed by atoms with E-state index in [2.05, 4.69) is 73.9 Å². The zero-order valence-corrected chi connectivity index (χ0v) is 22.3. The van der Waals surface area contributed by atoms with Gasteiger partial charge < -0.3 is 9.64 Å². The smallest absolute Gasteiger partial charge is 0.254 e. The fourth-order valence-corrected chi connectivity index (χ4v) is 6.16. The molecule has 0 atom stereocenters. The minimum absolute atomic E-state index is 0.215. The Labute approximate surface area is 212 Å². The minimum Gasteiger partial charge on any atom is -0.492 e. The van der Waals surface area contributed by atoms with Crippen molar-refractivity contribution in [3.63, 3.8) is 0 Å². The minimum atomic E-state index is 0.215. The zero-order valence-electron chi connectivity index (χ0n) is 22.3. The second-order valence-electron chi connectivity index (χ2n) is 11.4. The predicted molar refractivity (Wildman–Crippen MR) is 144 cm³/mol. The molecular weight excluding hydrogens is 432 g/mol. The molecule has 2 aliphatic heterocycles. The summed E-state index contributed by atoms with van der Waals surface area (Å²) in [6.07, 6.45) is 6.94. The van der Waals surface area contributed by atoms with Gasteiger partial charge in [-0.15, -0.1) is 0 Å². The summed E-state index contributed by atoms with van der Waals surface area (Å²) in [6, 6.07) is 14.7. The summed E-state index contributed by atoms with van der Waals surface area (Å²) in [5.74, 6) is 1.90. The van der Waals surface area contributed by atoms with Crippen molar-refractivity contribution in [3.05, 3.63) is 64.7 Å². The van der Waals surface area contributed by atoms with Crippen molar-refractivity contribution in [2.24, 2.45) is 11.3 Å². The standard InChI is InChI=1S/C31H44N2O2/c1-24(2)22-32-20-21-35-28-14-6-5-12-27(28)13-7-8-15-31(23-32)16-18-33(19-17-31)30(34)29-25(3)10-9-11-26(29)4/h5-6,9-12,14,24H,7-8,13,15-23H2,1-4H3. The van der Waals surface area contributed by atoms with Crippen LogP contribution in [0.5, 0.6) is 5.75 Å². The number of rotatable bonds is 3. The van der Waals surface area contributed by atoms with E-state index in [4.69, 9.17) is 4.74 Å². The van der Waals surface area contributed by atoms with Crippen molar-refractivity contribution >= 4 is 5.91 Å². The van der Waals surface area contributed by atoms with Crippen LogP contribution in [0.3, 0.4) is 0 Å². The molecule has 0 aromatic heterocycles. The van der Waals surface area contributed by atoms with E-state index in [1.165, 1.54) is 24.8 Å². The Morgan fingerprint density at radius 1 is 0.943 bits per heavy atom. The highest BCUT2D eigenvalue weighted by molar-refractivity contribution is 5.97. The first-order valence-electron chi connectivity index (χ1n) is 13.7. The lowest BCUT2D eigenvalue weighted by Crippen LogP contribution is -2.49. The van der Waals surface area contributed by atoms with Crippen LogP contribution in [0, 0.1) is 25.2 Å². The van der Waals surface area contributed by atoms with Crippen LogP contribution in [0.15, 0.2) is 42.5 Å². The van der Waals surface area contributed by atoms with Crippen molar-refractivity contribution in [1.29, 1.82) is 0 Å². The average molecular weight is 477 g/mol. The van der Waals surface area contributed by atoms with Gasteiger partial charge in [0, 0.05) is 38.3 Å². The molecule has 4 rings (SSSR count). The molecule has 0 radical (unpaired) electrons. The molecule has 2 aromatic carbocycles. The van der Waals surface area contributed by atoms with E-state index in [1.807, 2.05) is 6.07 Å². The quantitative estimate of drug-likeness (QED) is 0.522. The number of para-hydroxylation sites is 1. The van der Waals surface area contributed by atoms with E-state index >= 15 is 0 Å². The van der Waals surface area contributed by atoms with E-state index in [0.717, 1.165) is 81.0 Å². The Hall–Kier alpha value is -2.33. The number of ether oxygens (including phenoxy) is 1. The van der Waals surface area contributed by atoms with Crippen LogP contribution in [0.1, 0.15) is 73.0 Å². The third-order valence-corrected chi connectivity index (χ3v) is 8.03. The van der Waals surface area contributed by atoms with Gasteiger partial charge in [-0.1, -0.05) is 56.7 Å². The Morgan fingerprint density at radius 3 is 2.37 bits per heavy atom. The highest BCUT2D eigenvalue weighted by Crippen LogP contribution is 2.39. The number of hydrogen-bond donors (Lipinski definition) is 0. The fourth-order valence-electron chi connectivity index (χ4n) is 6.16. The van der Waals surface area contributed by atoms with Crippen molar-refractivity contribution < 1.29 is 9.53 Å². The third kappa shape index (κ3) is 6.46. The van der Waals surface area contributed by atoms with Gasteiger partial charge in [0.2, 0.25) is 0 Å². The van der Waals surface area contributed by atoms with Crippen LogP contribution in [0.2, 0.25) is 0 Å². The first kappa shape index (κ1) is 25.8. The first-order chi connectivity index (χ1) is 16.9. The van der Waals surface area contributed by atoms with Gasteiger partial charge in [0.15, 0.2) is 0 Å². The maximum absolute atomic E-state index is 13.4.